The number of benzene rings is 3. The number of hydrogen-bond acceptors (Lipinski definition) is 3. The molecule has 0 aliphatic rings. The van der Waals surface area contributed by atoms with Crippen LogP contribution in [-0.2, 0) is 19.7 Å². The lowest BCUT2D eigenvalue weighted by Gasteiger charge is -2.13. The summed E-state index contributed by atoms with van der Waals surface area (Å²) in [7, 11) is 1.68. The molecule has 0 saturated heterocycles. The van der Waals surface area contributed by atoms with E-state index in [9.17, 15) is 0 Å². The molecule has 0 aromatic heterocycles. The van der Waals surface area contributed by atoms with E-state index in [-0.39, 0.29) is 0 Å². The van der Waals surface area contributed by atoms with Gasteiger partial charge in [-0.1, -0.05) is 57.9 Å². The normalized spacial score (nSPS) is 10.6. The van der Waals surface area contributed by atoms with Crippen LogP contribution >= 0.6 is 15.9 Å². The number of rotatable bonds is 8. The van der Waals surface area contributed by atoms with E-state index < -0.39 is 0 Å². The first-order chi connectivity index (χ1) is 13.1. The van der Waals surface area contributed by atoms with Crippen LogP contribution in [0.5, 0.6) is 11.5 Å². The molecule has 0 atom stereocenters. The minimum absolute atomic E-state index is 0.564. The van der Waals surface area contributed by atoms with Crippen molar-refractivity contribution in [2.45, 2.75) is 26.6 Å². The van der Waals surface area contributed by atoms with Gasteiger partial charge in [-0.15, -0.1) is 0 Å². The van der Waals surface area contributed by atoms with Gasteiger partial charge in [-0.05, 0) is 48.4 Å². The van der Waals surface area contributed by atoms with Gasteiger partial charge in [-0.2, -0.15) is 0 Å². The van der Waals surface area contributed by atoms with Gasteiger partial charge >= 0.3 is 0 Å². The third-order valence-electron chi connectivity index (χ3n) is 4.30. The fourth-order valence-electron chi connectivity index (χ4n) is 2.87. The summed E-state index contributed by atoms with van der Waals surface area (Å²) >= 11 is 3.56. The number of halogens is 1. The molecule has 3 rings (SSSR count). The first kappa shape index (κ1) is 19.5. The van der Waals surface area contributed by atoms with Gasteiger partial charge in [0.05, 0.1) is 7.11 Å². The van der Waals surface area contributed by atoms with Crippen LogP contribution in [0.2, 0.25) is 0 Å². The van der Waals surface area contributed by atoms with Crippen LogP contribution < -0.4 is 14.8 Å². The summed E-state index contributed by atoms with van der Waals surface area (Å²) in [4.78, 5) is 0. The molecule has 1 N–H and O–H groups in total. The maximum atomic E-state index is 6.09. The lowest BCUT2D eigenvalue weighted by Crippen LogP contribution is -2.13. The Morgan fingerprint density at radius 1 is 0.889 bits per heavy atom. The average Bonchev–Trinajstić information content (AvgIpc) is 2.68. The highest BCUT2D eigenvalue weighted by Gasteiger charge is 2.06. The Bertz CT molecular complexity index is 878. The summed E-state index contributed by atoms with van der Waals surface area (Å²) < 4.78 is 12.3. The lowest BCUT2D eigenvalue weighted by atomic mass is 10.1. The molecule has 0 saturated carbocycles. The smallest absolute Gasteiger partial charge is 0.124 e. The highest BCUT2D eigenvalue weighted by molar-refractivity contribution is 9.10. The fraction of sp³-hybridized carbons (Fsp3) is 0.217. The second kappa shape index (κ2) is 9.58. The molecule has 0 radical (unpaired) electrons. The molecule has 4 heteroatoms. The molecule has 0 heterocycles. The first-order valence-electron chi connectivity index (χ1n) is 8.94. The van der Waals surface area contributed by atoms with Crippen molar-refractivity contribution in [3.8, 4) is 11.5 Å². The lowest BCUT2D eigenvalue weighted by molar-refractivity contribution is 0.302. The van der Waals surface area contributed by atoms with Gasteiger partial charge in [0.1, 0.15) is 18.1 Å². The van der Waals surface area contributed by atoms with E-state index in [0.29, 0.717) is 6.61 Å². The maximum absolute atomic E-state index is 6.09. The van der Waals surface area contributed by atoms with Crippen molar-refractivity contribution >= 4 is 15.9 Å². The van der Waals surface area contributed by atoms with Crippen LogP contribution in [0, 0.1) is 6.92 Å². The van der Waals surface area contributed by atoms with Gasteiger partial charge in [-0.3, -0.25) is 0 Å². The molecule has 0 bridgehead atoms. The van der Waals surface area contributed by atoms with Crippen molar-refractivity contribution in [1.82, 2.24) is 5.32 Å². The SMILES string of the molecule is COc1ccc(CNCc2cc(Br)ccc2OCc2cccc(C)c2)cc1. The summed E-state index contributed by atoms with van der Waals surface area (Å²) in [5, 5.41) is 3.49. The minimum Gasteiger partial charge on any atom is -0.497 e. The molecule has 0 aliphatic heterocycles. The van der Waals surface area contributed by atoms with Crippen molar-refractivity contribution < 1.29 is 9.47 Å². The molecule has 0 amide bonds. The summed E-state index contributed by atoms with van der Waals surface area (Å²) in [5.41, 5.74) is 4.77. The Labute approximate surface area is 169 Å². The molecule has 0 aliphatic carbocycles. The first-order valence-corrected chi connectivity index (χ1v) is 9.74. The van der Waals surface area contributed by atoms with Gasteiger partial charge in [0.2, 0.25) is 0 Å². The molecule has 3 nitrogen and oxygen atoms in total. The molecular weight excluding hydrogens is 402 g/mol. The predicted octanol–water partition coefficient (Wildman–Crippen LogP) is 5.63. The van der Waals surface area contributed by atoms with Crippen LogP contribution in [0.15, 0.2) is 71.2 Å². The summed E-state index contributed by atoms with van der Waals surface area (Å²) in [6.07, 6.45) is 0. The molecule has 27 heavy (non-hydrogen) atoms. The Balaban J connectivity index is 1.61. The van der Waals surface area contributed by atoms with Crippen LogP contribution in [0.1, 0.15) is 22.3 Å². The van der Waals surface area contributed by atoms with Gasteiger partial charge < -0.3 is 14.8 Å². The third-order valence-corrected chi connectivity index (χ3v) is 4.80. The molecule has 0 fully saturated rings. The number of aryl methyl sites for hydroxylation is 1. The van der Waals surface area contributed by atoms with Gasteiger partial charge in [-0.25, -0.2) is 0 Å². The Morgan fingerprint density at radius 2 is 1.70 bits per heavy atom. The topological polar surface area (TPSA) is 30.5 Å². The highest BCUT2D eigenvalue weighted by atomic mass is 79.9. The Morgan fingerprint density at radius 3 is 2.44 bits per heavy atom. The predicted molar refractivity (Wildman–Crippen MR) is 113 cm³/mol. The number of hydrogen-bond donors (Lipinski definition) is 1. The maximum Gasteiger partial charge on any atom is 0.124 e. The average molecular weight is 426 g/mol. The van der Waals surface area contributed by atoms with Crippen LogP contribution in [-0.4, -0.2) is 7.11 Å². The summed E-state index contributed by atoms with van der Waals surface area (Å²) in [5.74, 6) is 1.78. The fourth-order valence-corrected chi connectivity index (χ4v) is 3.28. The van der Waals surface area contributed by atoms with Crippen molar-refractivity contribution in [2.75, 3.05) is 7.11 Å². The monoisotopic (exact) mass is 425 g/mol. The second-order valence-electron chi connectivity index (χ2n) is 6.48. The van der Waals surface area contributed by atoms with E-state index in [4.69, 9.17) is 9.47 Å². The number of methoxy groups -OCH3 is 1. The van der Waals surface area contributed by atoms with E-state index in [1.54, 1.807) is 7.11 Å². The molecule has 0 spiro atoms. The molecule has 140 valence electrons. The summed E-state index contributed by atoms with van der Waals surface area (Å²) in [6, 6.07) is 22.6. The molecule has 3 aromatic carbocycles. The van der Waals surface area contributed by atoms with Gasteiger partial charge in [0.15, 0.2) is 0 Å². The van der Waals surface area contributed by atoms with E-state index in [2.05, 4.69) is 70.6 Å². The quantitative estimate of drug-likeness (QED) is 0.506. The third kappa shape index (κ3) is 5.84. The van der Waals surface area contributed by atoms with E-state index >= 15 is 0 Å². The number of nitrogens with one attached hydrogen (secondary N) is 1. The molecule has 3 aromatic rings. The molecule has 0 unspecified atom stereocenters. The number of ether oxygens (including phenoxy) is 2. The van der Waals surface area contributed by atoms with Crippen LogP contribution in [0.25, 0.3) is 0 Å². The standard InChI is InChI=1S/C23H24BrNO2/c1-17-4-3-5-19(12-17)16-27-23-11-8-21(24)13-20(23)15-25-14-18-6-9-22(26-2)10-7-18/h3-13,25H,14-16H2,1-2H3. The zero-order chi connectivity index (χ0) is 19.1. The minimum atomic E-state index is 0.564. The van der Waals surface area contributed by atoms with E-state index in [1.807, 2.05) is 24.3 Å². The highest BCUT2D eigenvalue weighted by Crippen LogP contribution is 2.24. The second-order valence-corrected chi connectivity index (χ2v) is 7.40. The van der Waals surface area contributed by atoms with E-state index in [1.165, 1.54) is 16.7 Å². The van der Waals surface area contributed by atoms with Gasteiger partial charge in [0, 0.05) is 23.1 Å². The zero-order valence-corrected chi connectivity index (χ0v) is 17.3. The zero-order valence-electron chi connectivity index (χ0n) is 15.7. The van der Waals surface area contributed by atoms with Crippen molar-refractivity contribution in [3.63, 3.8) is 0 Å². The van der Waals surface area contributed by atoms with Crippen molar-refractivity contribution in [2.24, 2.45) is 0 Å². The summed E-state index contributed by atoms with van der Waals surface area (Å²) in [6.45, 7) is 4.18. The van der Waals surface area contributed by atoms with Gasteiger partial charge in [0.25, 0.3) is 0 Å². The largest absolute Gasteiger partial charge is 0.497 e. The Kier molecular flexibility index (Phi) is 6.91. The van der Waals surface area contributed by atoms with Crippen LogP contribution in [0.4, 0.5) is 0 Å². The van der Waals surface area contributed by atoms with Crippen molar-refractivity contribution in [3.05, 3.63) is 93.5 Å². The van der Waals surface area contributed by atoms with Crippen molar-refractivity contribution in [1.29, 1.82) is 0 Å². The van der Waals surface area contributed by atoms with E-state index in [0.717, 1.165) is 34.6 Å². The molecular formula is C23H24BrNO2. The Hall–Kier alpha value is -2.30. The van der Waals surface area contributed by atoms with Crippen LogP contribution in [0.3, 0.4) is 0 Å².